The van der Waals surface area contributed by atoms with E-state index >= 15 is 0 Å². The Morgan fingerprint density at radius 2 is 1.57 bits per heavy atom. The maximum absolute atomic E-state index is 12.4. The van der Waals surface area contributed by atoms with Crippen molar-refractivity contribution in [1.82, 2.24) is 16.0 Å². The van der Waals surface area contributed by atoms with E-state index in [4.69, 9.17) is 16.6 Å². The molecular weight excluding hydrogens is 394 g/mol. The maximum atomic E-state index is 12.4. The molecule has 0 aromatic rings. The molecule has 0 aliphatic heterocycles. The number of hydrogen-bond acceptors (Lipinski definition) is 8. The van der Waals surface area contributed by atoms with Crippen LogP contribution in [0.5, 0.6) is 0 Å². The third kappa shape index (κ3) is 9.01. The standard InChI is InChI=1S/C15H27N5O7S/c1-6(15(26)27)18-13(24)9(5-28)19-14(25)11(7(2)21)20-12(23)8(16)3-4-10(17)22/h6-9,11,21,28H,3-5,16H2,1-2H3,(H2,17,22)(H,18,24)(H,19,25)(H,20,23)(H,26,27). The number of aliphatic carboxylic acids is 1. The largest absolute Gasteiger partial charge is 0.480 e. The van der Waals surface area contributed by atoms with Crippen LogP contribution in [0.2, 0.25) is 0 Å². The van der Waals surface area contributed by atoms with Gasteiger partial charge in [0.25, 0.3) is 0 Å². The number of carbonyl (C=O) groups excluding carboxylic acids is 4. The lowest BCUT2D eigenvalue weighted by Gasteiger charge is -2.25. The van der Waals surface area contributed by atoms with Gasteiger partial charge in [-0.1, -0.05) is 0 Å². The first-order valence-electron chi connectivity index (χ1n) is 8.37. The highest BCUT2D eigenvalue weighted by Crippen LogP contribution is 2.00. The number of thiol groups is 1. The Labute approximate surface area is 167 Å². The van der Waals surface area contributed by atoms with Crippen molar-refractivity contribution in [2.24, 2.45) is 11.5 Å². The zero-order chi connectivity index (χ0) is 22.0. The molecule has 28 heavy (non-hydrogen) atoms. The summed E-state index contributed by atoms with van der Waals surface area (Å²) in [4.78, 5) is 58.0. The van der Waals surface area contributed by atoms with E-state index < -0.39 is 59.9 Å². The summed E-state index contributed by atoms with van der Waals surface area (Å²) < 4.78 is 0. The minimum atomic E-state index is -1.45. The number of aliphatic hydroxyl groups excluding tert-OH is 1. The quantitative estimate of drug-likeness (QED) is 0.147. The van der Waals surface area contributed by atoms with E-state index in [2.05, 4.69) is 28.6 Å². The fourth-order valence-electron chi connectivity index (χ4n) is 1.93. The smallest absolute Gasteiger partial charge is 0.325 e. The molecule has 0 saturated heterocycles. The molecule has 13 heteroatoms. The van der Waals surface area contributed by atoms with E-state index in [9.17, 15) is 29.1 Å². The number of amides is 4. The average Bonchev–Trinajstić information content (AvgIpc) is 2.60. The molecule has 0 heterocycles. The average molecular weight is 421 g/mol. The van der Waals surface area contributed by atoms with Gasteiger partial charge in [0.2, 0.25) is 23.6 Å². The van der Waals surface area contributed by atoms with Gasteiger partial charge in [-0.2, -0.15) is 12.6 Å². The van der Waals surface area contributed by atoms with Gasteiger partial charge in [-0.05, 0) is 20.3 Å². The van der Waals surface area contributed by atoms with Crippen LogP contribution >= 0.6 is 12.6 Å². The van der Waals surface area contributed by atoms with Gasteiger partial charge in [0.15, 0.2) is 0 Å². The molecule has 4 amide bonds. The fourth-order valence-corrected chi connectivity index (χ4v) is 2.18. The molecule has 5 unspecified atom stereocenters. The predicted molar refractivity (Wildman–Crippen MR) is 101 cm³/mol. The summed E-state index contributed by atoms with van der Waals surface area (Å²) in [6.45, 7) is 2.48. The summed E-state index contributed by atoms with van der Waals surface area (Å²) in [6, 6.07) is -4.98. The summed E-state index contributed by atoms with van der Waals surface area (Å²) in [5, 5.41) is 25.3. The SMILES string of the molecule is CC(NC(=O)C(CS)NC(=O)C(NC(=O)C(N)CCC(N)=O)C(C)O)C(=O)O. The fraction of sp³-hybridized carbons (Fsp3) is 0.667. The van der Waals surface area contributed by atoms with Gasteiger partial charge in [-0.15, -0.1) is 0 Å². The Kier molecular flexibility index (Phi) is 11.1. The van der Waals surface area contributed by atoms with E-state index in [0.717, 1.165) is 0 Å². The van der Waals surface area contributed by atoms with E-state index in [1.807, 2.05) is 0 Å². The Bertz CT molecular complexity index is 601. The number of primary amides is 1. The minimum absolute atomic E-state index is 0.0515. The van der Waals surface area contributed by atoms with Crippen molar-refractivity contribution in [3.8, 4) is 0 Å². The van der Waals surface area contributed by atoms with Crippen LogP contribution < -0.4 is 27.4 Å². The summed E-state index contributed by atoms with van der Waals surface area (Å²) in [5.41, 5.74) is 10.6. The van der Waals surface area contributed by atoms with Gasteiger partial charge in [0, 0.05) is 12.2 Å². The first kappa shape index (κ1) is 25.6. The van der Waals surface area contributed by atoms with Crippen LogP contribution in [-0.4, -0.2) is 75.8 Å². The maximum Gasteiger partial charge on any atom is 0.325 e. The van der Waals surface area contributed by atoms with Crippen LogP contribution in [0.4, 0.5) is 0 Å². The number of hydrogen-bond donors (Lipinski definition) is 8. The van der Waals surface area contributed by atoms with Crippen molar-refractivity contribution >= 4 is 42.2 Å². The van der Waals surface area contributed by atoms with Crippen LogP contribution in [0.15, 0.2) is 0 Å². The molecule has 0 radical (unpaired) electrons. The lowest BCUT2D eigenvalue weighted by atomic mass is 10.1. The van der Waals surface area contributed by atoms with Crippen LogP contribution in [0, 0.1) is 0 Å². The van der Waals surface area contributed by atoms with Crippen LogP contribution in [-0.2, 0) is 24.0 Å². The van der Waals surface area contributed by atoms with Crippen molar-refractivity contribution in [2.75, 3.05) is 5.75 Å². The van der Waals surface area contributed by atoms with Gasteiger partial charge >= 0.3 is 5.97 Å². The Morgan fingerprint density at radius 3 is 2.00 bits per heavy atom. The van der Waals surface area contributed by atoms with Gasteiger partial charge < -0.3 is 37.6 Å². The number of nitrogens with one attached hydrogen (secondary N) is 3. The number of carboxylic acids is 1. The Morgan fingerprint density at radius 1 is 1.00 bits per heavy atom. The van der Waals surface area contributed by atoms with E-state index in [1.165, 1.54) is 13.8 Å². The van der Waals surface area contributed by atoms with Crippen molar-refractivity contribution in [2.45, 2.75) is 57.0 Å². The van der Waals surface area contributed by atoms with Gasteiger partial charge in [0.05, 0.1) is 12.1 Å². The molecule has 0 aliphatic rings. The lowest BCUT2D eigenvalue weighted by Crippen LogP contribution is -2.60. The molecule has 0 aromatic heterocycles. The molecule has 0 rings (SSSR count). The summed E-state index contributed by atoms with van der Waals surface area (Å²) in [7, 11) is 0. The molecule has 0 saturated carbocycles. The topological polar surface area (TPSA) is 214 Å². The number of carbonyl (C=O) groups is 5. The highest BCUT2D eigenvalue weighted by Gasteiger charge is 2.31. The summed E-state index contributed by atoms with van der Waals surface area (Å²) >= 11 is 3.94. The van der Waals surface area contributed by atoms with Crippen molar-refractivity contribution < 1.29 is 34.2 Å². The summed E-state index contributed by atoms with van der Waals surface area (Å²) in [5.74, 6) is -4.57. The van der Waals surface area contributed by atoms with Crippen LogP contribution in [0.1, 0.15) is 26.7 Å². The highest BCUT2D eigenvalue weighted by molar-refractivity contribution is 7.80. The second-order valence-electron chi connectivity index (χ2n) is 6.15. The van der Waals surface area contributed by atoms with Crippen molar-refractivity contribution in [3.05, 3.63) is 0 Å². The Balaban J connectivity index is 4.99. The minimum Gasteiger partial charge on any atom is -0.480 e. The van der Waals surface area contributed by atoms with Crippen LogP contribution in [0.3, 0.4) is 0 Å². The second kappa shape index (κ2) is 12.2. The Hall–Kier alpha value is -2.38. The number of rotatable bonds is 12. The molecule has 5 atom stereocenters. The number of aliphatic hydroxyl groups is 1. The van der Waals surface area contributed by atoms with Gasteiger partial charge in [0.1, 0.15) is 18.1 Å². The third-order valence-corrected chi connectivity index (χ3v) is 4.01. The van der Waals surface area contributed by atoms with Crippen molar-refractivity contribution in [1.29, 1.82) is 0 Å². The molecule has 0 fully saturated rings. The molecule has 0 aromatic carbocycles. The second-order valence-corrected chi connectivity index (χ2v) is 6.52. The molecule has 0 spiro atoms. The van der Waals surface area contributed by atoms with Crippen molar-refractivity contribution in [3.63, 3.8) is 0 Å². The number of carboxylic acid groups (broad SMARTS) is 1. The molecule has 0 aliphatic carbocycles. The zero-order valence-corrected chi connectivity index (χ0v) is 16.4. The van der Waals surface area contributed by atoms with E-state index in [-0.39, 0.29) is 18.6 Å². The molecular formula is C15H27N5O7S. The normalized spacial score (nSPS) is 16.0. The molecule has 12 nitrogen and oxygen atoms in total. The summed E-state index contributed by atoms with van der Waals surface area (Å²) in [6.07, 6.45) is -1.53. The first-order chi connectivity index (χ1) is 12.9. The van der Waals surface area contributed by atoms with Gasteiger partial charge in [-0.3, -0.25) is 24.0 Å². The number of nitrogens with two attached hydrogens (primary N) is 2. The lowest BCUT2D eigenvalue weighted by molar-refractivity contribution is -0.141. The third-order valence-electron chi connectivity index (χ3n) is 3.65. The molecule has 0 bridgehead atoms. The van der Waals surface area contributed by atoms with Crippen LogP contribution in [0.25, 0.3) is 0 Å². The zero-order valence-electron chi connectivity index (χ0n) is 15.5. The first-order valence-corrected chi connectivity index (χ1v) is 9.00. The predicted octanol–water partition coefficient (Wildman–Crippen LogP) is -3.55. The highest BCUT2D eigenvalue weighted by atomic mass is 32.1. The molecule has 9 N–H and O–H groups in total. The van der Waals surface area contributed by atoms with E-state index in [1.54, 1.807) is 0 Å². The molecule has 160 valence electrons. The van der Waals surface area contributed by atoms with E-state index in [0.29, 0.717) is 0 Å². The monoisotopic (exact) mass is 421 g/mol. The van der Waals surface area contributed by atoms with Gasteiger partial charge in [-0.25, -0.2) is 0 Å².